The van der Waals surface area contributed by atoms with Gasteiger partial charge in [-0.25, -0.2) is 0 Å². The number of nitrogens with one attached hydrogen (secondary N) is 3. The van der Waals surface area contributed by atoms with Crippen LogP contribution in [0.15, 0.2) is 27.7 Å². The van der Waals surface area contributed by atoms with Crippen LogP contribution in [0.3, 0.4) is 0 Å². The van der Waals surface area contributed by atoms with Gasteiger partial charge < -0.3 is 20.7 Å². The van der Waals surface area contributed by atoms with E-state index >= 15 is 0 Å². The van der Waals surface area contributed by atoms with Crippen LogP contribution >= 0.6 is 15.9 Å². The maximum Gasteiger partial charge on any atom is 0.226 e. The van der Waals surface area contributed by atoms with Crippen molar-refractivity contribution in [3.05, 3.63) is 28.2 Å². The number of nitrogens with zero attached hydrogens (tertiary/aromatic N) is 1. The van der Waals surface area contributed by atoms with Crippen molar-refractivity contribution in [2.24, 2.45) is 4.99 Å². The SMILES string of the molecule is CCNC(=NCCC(=O)Nc1ccc(Br)cc1C)NC1CC2CCC1O2. The lowest BCUT2D eigenvalue weighted by Crippen LogP contribution is -2.47. The van der Waals surface area contributed by atoms with Crippen LogP contribution in [-0.2, 0) is 9.53 Å². The third-order valence-corrected chi connectivity index (χ3v) is 5.34. The molecule has 2 aliphatic rings. The third-order valence-electron chi connectivity index (χ3n) is 4.84. The molecule has 3 atom stereocenters. The highest BCUT2D eigenvalue weighted by Crippen LogP contribution is 2.34. The summed E-state index contributed by atoms with van der Waals surface area (Å²) >= 11 is 3.43. The minimum atomic E-state index is -0.0294. The fraction of sp³-hybridized carbons (Fsp3) is 0.579. The summed E-state index contributed by atoms with van der Waals surface area (Å²) in [6, 6.07) is 6.14. The van der Waals surface area contributed by atoms with Crippen LogP contribution in [0.5, 0.6) is 0 Å². The van der Waals surface area contributed by atoms with Gasteiger partial charge in [0.05, 0.1) is 24.8 Å². The Morgan fingerprint density at radius 2 is 2.23 bits per heavy atom. The summed E-state index contributed by atoms with van der Waals surface area (Å²) in [7, 11) is 0. The van der Waals surface area contributed by atoms with E-state index in [0.717, 1.165) is 41.1 Å². The molecule has 2 aliphatic heterocycles. The topological polar surface area (TPSA) is 74.8 Å². The predicted octanol–water partition coefficient (Wildman–Crippen LogP) is 2.96. The monoisotopic (exact) mass is 422 g/mol. The maximum atomic E-state index is 12.2. The molecule has 2 fully saturated rings. The van der Waals surface area contributed by atoms with E-state index in [1.54, 1.807) is 0 Å². The number of amides is 1. The van der Waals surface area contributed by atoms with Crippen molar-refractivity contribution in [2.45, 2.75) is 57.8 Å². The van der Waals surface area contributed by atoms with Crippen LogP contribution in [0, 0.1) is 6.92 Å². The molecule has 3 unspecified atom stereocenters. The van der Waals surface area contributed by atoms with Gasteiger partial charge in [-0.3, -0.25) is 9.79 Å². The summed E-state index contributed by atoms with van der Waals surface area (Å²) in [5, 5.41) is 9.67. The fourth-order valence-electron chi connectivity index (χ4n) is 3.53. The Kier molecular flexibility index (Phi) is 6.53. The standard InChI is InChI=1S/C19H27BrN4O2/c1-3-21-19(24-16-11-14-5-7-17(16)26-14)22-9-8-18(25)23-15-6-4-13(20)10-12(15)2/h4,6,10,14,16-17H,3,5,7-9,11H2,1-2H3,(H,23,25)(H2,21,22,24). The van der Waals surface area contributed by atoms with Gasteiger partial charge in [0, 0.05) is 23.1 Å². The molecule has 2 saturated heterocycles. The van der Waals surface area contributed by atoms with Gasteiger partial charge in [0.1, 0.15) is 0 Å². The van der Waals surface area contributed by atoms with E-state index in [4.69, 9.17) is 4.74 Å². The smallest absolute Gasteiger partial charge is 0.226 e. The number of hydrogen-bond donors (Lipinski definition) is 3. The van der Waals surface area contributed by atoms with E-state index in [9.17, 15) is 4.79 Å². The van der Waals surface area contributed by atoms with E-state index < -0.39 is 0 Å². The minimum absolute atomic E-state index is 0.0294. The van der Waals surface area contributed by atoms with Crippen LogP contribution in [0.4, 0.5) is 5.69 Å². The Hall–Kier alpha value is -1.60. The number of fused-ring (bicyclic) bond motifs is 2. The number of aryl methyl sites for hydroxylation is 1. The summed E-state index contributed by atoms with van der Waals surface area (Å²) in [5.74, 6) is 0.736. The molecule has 0 radical (unpaired) electrons. The molecule has 0 aromatic heterocycles. The van der Waals surface area contributed by atoms with Gasteiger partial charge in [0.2, 0.25) is 5.91 Å². The lowest BCUT2D eigenvalue weighted by atomic mass is 9.96. The second-order valence-electron chi connectivity index (χ2n) is 6.88. The molecule has 0 spiro atoms. The van der Waals surface area contributed by atoms with Gasteiger partial charge in [0.15, 0.2) is 5.96 Å². The number of guanidine groups is 1. The van der Waals surface area contributed by atoms with E-state index in [1.807, 2.05) is 32.0 Å². The second kappa shape index (κ2) is 8.86. The molecule has 1 aromatic rings. The first kappa shape index (κ1) is 19.2. The van der Waals surface area contributed by atoms with Gasteiger partial charge in [-0.1, -0.05) is 15.9 Å². The van der Waals surface area contributed by atoms with E-state index in [0.29, 0.717) is 31.2 Å². The molecular weight excluding hydrogens is 396 g/mol. The highest BCUT2D eigenvalue weighted by Gasteiger charge is 2.41. The molecule has 6 nitrogen and oxygen atoms in total. The summed E-state index contributed by atoms with van der Waals surface area (Å²) in [5.41, 5.74) is 1.87. The normalized spacial score (nSPS) is 24.6. The number of halogens is 1. The van der Waals surface area contributed by atoms with Gasteiger partial charge in [-0.2, -0.15) is 0 Å². The maximum absolute atomic E-state index is 12.2. The average Bonchev–Trinajstić information content (AvgIpc) is 3.20. The van der Waals surface area contributed by atoms with E-state index in [-0.39, 0.29) is 5.91 Å². The summed E-state index contributed by atoms with van der Waals surface area (Å²) in [4.78, 5) is 16.7. The number of aliphatic imine (C=N–C) groups is 1. The molecular formula is C19H27BrN4O2. The van der Waals surface area contributed by atoms with E-state index in [1.165, 1.54) is 6.42 Å². The molecule has 3 N–H and O–H groups in total. The summed E-state index contributed by atoms with van der Waals surface area (Å²) in [6.07, 6.45) is 4.38. The van der Waals surface area contributed by atoms with Crippen molar-refractivity contribution in [2.75, 3.05) is 18.4 Å². The lowest BCUT2D eigenvalue weighted by molar-refractivity contribution is -0.116. The van der Waals surface area contributed by atoms with Crippen LogP contribution < -0.4 is 16.0 Å². The first-order chi connectivity index (χ1) is 12.5. The van der Waals surface area contributed by atoms with E-state index in [2.05, 4.69) is 36.9 Å². The van der Waals surface area contributed by atoms with Gasteiger partial charge in [-0.15, -0.1) is 0 Å². The Balaban J connectivity index is 1.48. The van der Waals surface area contributed by atoms with Crippen molar-refractivity contribution in [3.8, 4) is 0 Å². The Morgan fingerprint density at radius 1 is 1.38 bits per heavy atom. The van der Waals surface area contributed by atoms with Crippen molar-refractivity contribution in [1.29, 1.82) is 0 Å². The number of anilines is 1. The number of rotatable bonds is 6. The quantitative estimate of drug-likeness (QED) is 0.486. The number of carbonyl (C=O) groups is 1. The Labute approximate surface area is 163 Å². The van der Waals surface area contributed by atoms with Crippen LogP contribution in [0.1, 0.15) is 38.2 Å². The molecule has 142 valence electrons. The van der Waals surface area contributed by atoms with Crippen LogP contribution in [0.25, 0.3) is 0 Å². The Bertz CT molecular complexity index is 680. The molecule has 0 aliphatic carbocycles. The third kappa shape index (κ3) is 4.98. The molecule has 1 aromatic carbocycles. The average molecular weight is 423 g/mol. The fourth-order valence-corrected chi connectivity index (χ4v) is 4.01. The van der Waals surface area contributed by atoms with Gasteiger partial charge in [0.25, 0.3) is 0 Å². The first-order valence-electron chi connectivity index (χ1n) is 9.31. The number of benzene rings is 1. The molecule has 3 rings (SSSR count). The minimum Gasteiger partial charge on any atom is -0.373 e. The summed E-state index contributed by atoms with van der Waals surface area (Å²) < 4.78 is 6.88. The van der Waals surface area contributed by atoms with Crippen molar-refractivity contribution in [3.63, 3.8) is 0 Å². The molecule has 2 bridgehead atoms. The highest BCUT2D eigenvalue weighted by atomic mass is 79.9. The number of hydrogen-bond acceptors (Lipinski definition) is 3. The second-order valence-corrected chi connectivity index (χ2v) is 7.79. The zero-order chi connectivity index (χ0) is 18.5. The summed E-state index contributed by atoms with van der Waals surface area (Å²) in [6.45, 7) is 5.25. The van der Waals surface area contributed by atoms with Crippen molar-refractivity contribution >= 4 is 33.5 Å². The lowest BCUT2D eigenvalue weighted by Gasteiger charge is -2.22. The molecule has 2 heterocycles. The zero-order valence-electron chi connectivity index (χ0n) is 15.3. The highest BCUT2D eigenvalue weighted by molar-refractivity contribution is 9.10. The predicted molar refractivity (Wildman–Crippen MR) is 108 cm³/mol. The number of carbonyl (C=O) groups excluding carboxylic acids is 1. The number of ether oxygens (including phenoxy) is 1. The first-order valence-corrected chi connectivity index (χ1v) is 10.1. The molecule has 1 amide bonds. The van der Waals surface area contributed by atoms with Gasteiger partial charge >= 0.3 is 0 Å². The van der Waals surface area contributed by atoms with Crippen molar-refractivity contribution in [1.82, 2.24) is 10.6 Å². The zero-order valence-corrected chi connectivity index (χ0v) is 16.9. The van der Waals surface area contributed by atoms with Crippen molar-refractivity contribution < 1.29 is 9.53 Å². The molecule has 0 saturated carbocycles. The Morgan fingerprint density at radius 3 is 2.88 bits per heavy atom. The largest absolute Gasteiger partial charge is 0.373 e. The molecule has 26 heavy (non-hydrogen) atoms. The van der Waals surface area contributed by atoms with Crippen LogP contribution in [-0.4, -0.2) is 43.2 Å². The molecule has 7 heteroatoms. The van der Waals surface area contributed by atoms with Gasteiger partial charge in [-0.05, 0) is 56.9 Å². The van der Waals surface area contributed by atoms with Crippen LogP contribution in [0.2, 0.25) is 0 Å².